The van der Waals surface area contributed by atoms with Crippen molar-refractivity contribution < 1.29 is 4.79 Å². The number of nitrogens with one attached hydrogen (secondary N) is 1. The van der Waals surface area contributed by atoms with Crippen LogP contribution in [0.25, 0.3) is 10.9 Å². The first-order valence-corrected chi connectivity index (χ1v) is 7.19. The van der Waals surface area contributed by atoms with E-state index < -0.39 is 0 Å². The van der Waals surface area contributed by atoms with Crippen LogP contribution in [-0.4, -0.2) is 27.8 Å². The highest BCUT2D eigenvalue weighted by atomic mass is 32.1. The molecule has 0 atom stereocenters. The zero-order valence-corrected chi connectivity index (χ0v) is 12.2. The molecule has 20 heavy (non-hydrogen) atoms. The maximum absolute atomic E-state index is 12.6. The molecular weight excluding hydrogens is 270 g/mol. The van der Waals surface area contributed by atoms with Crippen molar-refractivity contribution in [3.8, 4) is 0 Å². The van der Waals surface area contributed by atoms with E-state index in [-0.39, 0.29) is 5.91 Å². The standard InChI is InChI=1S/C15H15N3OS/c1-10-17-8-11(20-10)9-18(2)15(19)13-4-3-5-14-12(13)6-7-16-14/h3-8,16H,9H2,1-2H3. The molecule has 5 heteroatoms. The molecule has 0 radical (unpaired) electrons. The van der Waals surface area contributed by atoms with E-state index in [4.69, 9.17) is 0 Å². The summed E-state index contributed by atoms with van der Waals surface area (Å²) in [7, 11) is 1.82. The third kappa shape index (κ3) is 2.32. The van der Waals surface area contributed by atoms with Crippen LogP contribution in [0.4, 0.5) is 0 Å². The van der Waals surface area contributed by atoms with Gasteiger partial charge in [-0.1, -0.05) is 6.07 Å². The molecular formula is C15H15N3OS. The number of benzene rings is 1. The molecule has 0 aliphatic rings. The minimum absolute atomic E-state index is 0.0289. The Morgan fingerprint density at radius 3 is 3.00 bits per heavy atom. The van der Waals surface area contributed by atoms with E-state index in [1.54, 1.807) is 16.2 Å². The number of fused-ring (bicyclic) bond motifs is 1. The van der Waals surface area contributed by atoms with Crippen LogP contribution in [0.1, 0.15) is 20.2 Å². The second-order valence-corrected chi connectivity index (χ2v) is 6.07. The molecule has 1 aromatic carbocycles. The molecule has 0 aliphatic carbocycles. The zero-order chi connectivity index (χ0) is 14.1. The summed E-state index contributed by atoms with van der Waals surface area (Å²) < 4.78 is 0. The van der Waals surface area contributed by atoms with E-state index >= 15 is 0 Å². The van der Waals surface area contributed by atoms with Crippen LogP contribution in [0, 0.1) is 6.92 Å². The third-order valence-electron chi connectivity index (χ3n) is 3.23. The highest BCUT2D eigenvalue weighted by Gasteiger charge is 2.16. The number of aromatic nitrogens is 2. The Morgan fingerprint density at radius 2 is 2.25 bits per heavy atom. The number of nitrogens with zero attached hydrogens (tertiary/aromatic N) is 2. The van der Waals surface area contributed by atoms with Crippen molar-refractivity contribution in [2.75, 3.05) is 7.05 Å². The lowest BCUT2D eigenvalue weighted by Crippen LogP contribution is -2.25. The number of hydrogen-bond acceptors (Lipinski definition) is 3. The van der Waals surface area contributed by atoms with Crippen LogP contribution in [-0.2, 0) is 6.54 Å². The maximum Gasteiger partial charge on any atom is 0.254 e. The molecule has 3 rings (SSSR count). The van der Waals surface area contributed by atoms with Crippen LogP contribution < -0.4 is 0 Å². The highest BCUT2D eigenvalue weighted by Crippen LogP contribution is 2.20. The Bertz CT molecular complexity index is 759. The van der Waals surface area contributed by atoms with Gasteiger partial charge in [0.2, 0.25) is 0 Å². The van der Waals surface area contributed by atoms with E-state index in [9.17, 15) is 4.79 Å². The van der Waals surface area contributed by atoms with Gasteiger partial charge in [-0.15, -0.1) is 11.3 Å². The van der Waals surface area contributed by atoms with Gasteiger partial charge in [0, 0.05) is 40.8 Å². The number of aromatic amines is 1. The molecule has 0 saturated heterocycles. The normalized spacial score (nSPS) is 10.9. The first kappa shape index (κ1) is 12.9. The molecule has 0 fully saturated rings. The van der Waals surface area contributed by atoms with Gasteiger partial charge in [0.1, 0.15) is 0 Å². The summed E-state index contributed by atoms with van der Waals surface area (Å²) in [4.78, 5) is 22.7. The summed E-state index contributed by atoms with van der Waals surface area (Å²) in [5, 5.41) is 1.98. The molecule has 2 aromatic heterocycles. The molecule has 2 heterocycles. The predicted octanol–water partition coefficient (Wildman–Crippen LogP) is 3.21. The van der Waals surface area contributed by atoms with E-state index in [0.717, 1.165) is 26.4 Å². The number of aryl methyl sites for hydroxylation is 1. The van der Waals surface area contributed by atoms with Crippen molar-refractivity contribution in [2.45, 2.75) is 13.5 Å². The van der Waals surface area contributed by atoms with Gasteiger partial charge in [0.05, 0.1) is 11.6 Å². The van der Waals surface area contributed by atoms with Gasteiger partial charge in [-0.05, 0) is 25.1 Å². The second kappa shape index (κ2) is 5.09. The Labute approximate surface area is 121 Å². The third-order valence-corrected chi connectivity index (χ3v) is 4.13. The first-order valence-electron chi connectivity index (χ1n) is 6.38. The van der Waals surface area contributed by atoms with Gasteiger partial charge >= 0.3 is 0 Å². The fourth-order valence-corrected chi connectivity index (χ4v) is 3.11. The summed E-state index contributed by atoms with van der Waals surface area (Å²) in [6, 6.07) is 7.68. The zero-order valence-electron chi connectivity index (χ0n) is 11.4. The minimum atomic E-state index is 0.0289. The lowest BCUT2D eigenvalue weighted by Gasteiger charge is -2.16. The molecule has 0 bridgehead atoms. The number of H-pyrrole nitrogens is 1. The summed E-state index contributed by atoms with van der Waals surface area (Å²) in [5.41, 5.74) is 1.71. The Morgan fingerprint density at radius 1 is 1.40 bits per heavy atom. The van der Waals surface area contributed by atoms with E-state index in [0.29, 0.717) is 6.54 Å². The van der Waals surface area contributed by atoms with E-state index in [1.165, 1.54) is 0 Å². The van der Waals surface area contributed by atoms with Crippen LogP contribution in [0.15, 0.2) is 36.7 Å². The van der Waals surface area contributed by atoms with Crippen LogP contribution >= 0.6 is 11.3 Å². The van der Waals surface area contributed by atoms with Gasteiger partial charge < -0.3 is 9.88 Å². The molecule has 0 aliphatic heterocycles. The van der Waals surface area contributed by atoms with Gasteiger partial charge in [0.25, 0.3) is 5.91 Å². The van der Waals surface area contributed by atoms with E-state index in [1.807, 2.05) is 50.6 Å². The fourth-order valence-electron chi connectivity index (χ4n) is 2.26. The summed E-state index contributed by atoms with van der Waals surface area (Å²) in [6.07, 6.45) is 3.69. The lowest BCUT2D eigenvalue weighted by molar-refractivity contribution is 0.0788. The smallest absolute Gasteiger partial charge is 0.254 e. The Kier molecular flexibility index (Phi) is 3.28. The van der Waals surface area contributed by atoms with Crippen LogP contribution in [0.2, 0.25) is 0 Å². The molecule has 0 unspecified atom stereocenters. The van der Waals surface area contributed by atoms with Crippen molar-refractivity contribution in [2.24, 2.45) is 0 Å². The molecule has 1 N–H and O–H groups in total. The minimum Gasteiger partial charge on any atom is -0.361 e. The highest BCUT2D eigenvalue weighted by molar-refractivity contribution is 7.11. The van der Waals surface area contributed by atoms with Crippen LogP contribution in [0.3, 0.4) is 0 Å². The predicted molar refractivity (Wildman–Crippen MR) is 80.9 cm³/mol. The van der Waals surface area contributed by atoms with E-state index in [2.05, 4.69) is 9.97 Å². The van der Waals surface area contributed by atoms with Crippen molar-refractivity contribution in [1.29, 1.82) is 0 Å². The average molecular weight is 285 g/mol. The second-order valence-electron chi connectivity index (χ2n) is 4.75. The number of hydrogen-bond donors (Lipinski definition) is 1. The van der Waals surface area contributed by atoms with Crippen LogP contribution in [0.5, 0.6) is 0 Å². The molecule has 1 amide bonds. The van der Waals surface area contributed by atoms with Gasteiger partial charge in [-0.25, -0.2) is 4.98 Å². The van der Waals surface area contributed by atoms with Crippen molar-refractivity contribution in [1.82, 2.24) is 14.9 Å². The number of rotatable bonds is 3. The quantitative estimate of drug-likeness (QED) is 0.803. The molecule has 102 valence electrons. The Hall–Kier alpha value is -2.14. The molecule has 0 spiro atoms. The number of carbonyl (C=O) groups is 1. The monoisotopic (exact) mass is 285 g/mol. The Balaban J connectivity index is 1.86. The molecule has 4 nitrogen and oxygen atoms in total. The number of carbonyl (C=O) groups excluding carboxylic acids is 1. The largest absolute Gasteiger partial charge is 0.361 e. The number of thiazole rings is 1. The van der Waals surface area contributed by atoms with Gasteiger partial charge in [0.15, 0.2) is 0 Å². The maximum atomic E-state index is 12.6. The summed E-state index contributed by atoms with van der Waals surface area (Å²) in [6.45, 7) is 2.56. The number of amides is 1. The van der Waals surface area contributed by atoms with Crippen molar-refractivity contribution in [3.05, 3.63) is 52.1 Å². The van der Waals surface area contributed by atoms with Gasteiger partial charge in [-0.2, -0.15) is 0 Å². The average Bonchev–Trinajstić information content (AvgIpc) is 3.06. The fraction of sp³-hybridized carbons (Fsp3) is 0.200. The summed E-state index contributed by atoms with van der Waals surface area (Å²) >= 11 is 1.62. The molecule has 0 saturated carbocycles. The first-order chi connectivity index (χ1) is 9.65. The van der Waals surface area contributed by atoms with Gasteiger partial charge in [-0.3, -0.25) is 4.79 Å². The van der Waals surface area contributed by atoms with Crippen molar-refractivity contribution >= 4 is 28.1 Å². The van der Waals surface area contributed by atoms with Crippen molar-refractivity contribution in [3.63, 3.8) is 0 Å². The lowest BCUT2D eigenvalue weighted by atomic mass is 10.1. The molecule has 3 aromatic rings. The SMILES string of the molecule is Cc1ncc(CN(C)C(=O)c2cccc3[nH]ccc23)s1. The summed E-state index contributed by atoms with van der Waals surface area (Å²) in [5.74, 6) is 0.0289. The topological polar surface area (TPSA) is 49.0 Å².